The summed E-state index contributed by atoms with van der Waals surface area (Å²) in [6.45, 7) is 1.23. The van der Waals surface area contributed by atoms with Gasteiger partial charge >= 0.3 is 11.9 Å². The number of halogens is 1. The Bertz CT molecular complexity index is 187. The maximum absolute atomic E-state index is 10.5. The van der Waals surface area contributed by atoms with Crippen molar-refractivity contribution in [1.82, 2.24) is 0 Å². The number of carbonyl (C=O) groups is 3. The van der Waals surface area contributed by atoms with Gasteiger partial charge in [-0.2, -0.15) is 0 Å². The maximum atomic E-state index is 10.5. The van der Waals surface area contributed by atoms with Crippen LogP contribution in [0, 0.1) is 0 Å². The van der Waals surface area contributed by atoms with Gasteiger partial charge in [0, 0.05) is 0 Å². The molecule has 0 rings (SSSR count). The van der Waals surface area contributed by atoms with Gasteiger partial charge in [-0.3, -0.25) is 14.4 Å². The van der Waals surface area contributed by atoms with Crippen LogP contribution in [0.2, 0.25) is 0 Å². The molecule has 0 fully saturated rings. The third-order valence-corrected chi connectivity index (χ3v) is 0.948. The van der Waals surface area contributed by atoms with Gasteiger partial charge in [-0.1, -0.05) is 0 Å². The summed E-state index contributed by atoms with van der Waals surface area (Å²) in [5.41, 5.74) is 0. The van der Waals surface area contributed by atoms with E-state index < -0.39 is 11.9 Å². The highest BCUT2D eigenvalue weighted by Crippen LogP contribution is 1.90. The van der Waals surface area contributed by atoms with Crippen molar-refractivity contribution in [2.24, 2.45) is 0 Å². The monoisotopic (exact) mass is 178 g/mol. The fourth-order valence-corrected chi connectivity index (χ4v) is 0.448. The van der Waals surface area contributed by atoms with Crippen molar-refractivity contribution >= 4 is 29.3 Å². The lowest BCUT2D eigenvalue weighted by atomic mass is 10.3. The van der Waals surface area contributed by atoms with E-state index in [1.54, 1.807) is 0 Å². The summed E-state index contributed by atoms with van der Waals surface area (Å²) < 4.78 is 4.08. The number of Topliss-reactive ketones (excluding diaryl/α,β-unsaturated/α-hetero) is 1. The van der Waals surface area contributed by atoms with Crippen molar-refractivity contribution in [2.75, 3.05) is 5.88 Å². The van der Waals surface area contributed by atoms with Gasteiger partial charge in [-0.15, -0.1) is 11.6 Å². The van der Waals surface area contributed by atoms with E-state index in [1.165, 1.54) is 6.92 Å². The summed E-state index contributed by atoms with van der Waals surface area (Å²) in [7, 11) is 0. The van der Waals surface area contributed by atoms with Crippen LogP contribution in [0.15, 0.2) is 0 Å². The van der Waals surface area contributed by atoms with Crippen LogP contribution in [-0.2, 0) is 19.1 Å². The standard InChI is InChI=1S/C6H7ClO4/c1-4(8)2-5(9)11-6(10)3-7/h2-3H2,1H3. The molecule has 0 aromatic rings. The van der Waals surface area contributed by atoms with E-state index in [0.717, 1.165) is 0 Å². The Morgan fingerprint density at radius 3 is 2.18 bits per heavy atom. The first-order chi connectivity index (χ1) is 5.06. The maximum Gasteiger partial charge on any atom is 0.328 e. The van der Waals surface area contributed by atoms with Crippen LogP contribution in [0.5, 0.6) is 0 Å². The number of ether oxygens (including phenoxy) is 1. The van der Waals surface area contributed by atoms with E-state index in [1.807, 2.05) is 0 Å². The van der Waals surface area contributed by atoms with Gasteiger partial charge in [0.25, 0.3) is 0 Å². The molecule has 0 aliphatic heterocycles. The Labute approximate surface area is 68.5 Å². The van der Waals surface area contributed by atoms with Crippen molar-refractivity contribution in [1.29, 1.82) is 0 Å². The molecule has 0 aromatic heterocycles. The van der Waals surface area contributed by atoms with Crippen molar-refractivity contribution in [3.8, 4) is 0 Å². The lowest BCUT2D eigenvalue weighted by molar-refractivity contribution is -0.158. The molecule has 0 saturated carbocycles. The molecule has 5 heteroatoms. The Morgan fingerprint density at radius 2 is 1.82 bits per heavy atom. The summed E-state index contributed by atoms with van der Waals surface area (Å²) >= 11 is 5.02. The number of rotatable bonds is 3. The summed E-state index contributed by atoms with van der Waals surface area (Å²) in [5.74, 6) is -2.43. The van der Waals surface area contributed by atoms with Crippen molar-refractivity contribution in [2.45, 2.75) is 13.3 Å². The van der Waals surface area contributed by atoms with Crippen LogP contribution in [-0.4, -0.2) is 23.6 Å². The molecule has 0 aliphatic rings. The van der Waals surface area contributed by atoms with Crippen LogP contribution in [0.4, 0.5) is 0 Å². The summed E-state index contributed by atoms with van der Waals surface area (Å²) in [6, 6.07) is 0. The van der Waals surface area contributed by atoms with Crippen LogP contribution in [0.1, 0.15) is 13.3 Å². The molecule has 0 aliphatic carbocycles. The van der Waals surface area contributed by atoms with Crippen molar-refractivity contribution in [3.63, 3.8) is 0 Å². The summed E-state index contributed by atoms with van der Waals surface area (Å²) in [5, 5.41) is 0. The molecule has 0 amide bonds. The van der Waals surface area contributed by atoms with Gasteiger partial charge in [0.05, 0.1) is 0 Å². The molecule has 4 nitrogen and oxygen atoms in total. The molecule has 0 unspecified atom stereocenters. The van der Waals surface area contributed by atoms with Crippen LogP contribution < -0.4 is 0 Å². The van der Waals surface area contributed by atoms with E-state index in [9.17, 15) is 14.4 Å². The number of esters is 2. The molecule has 0 aromatic carbocycles. The smallest absolute Gasteiger partial charge is 0.328 e. The number of carbonyl (C=O) groups excluding carboxylic acids is 3. The van der Waals surface area contributed by atoms with E-state index >= 15 is 0 Å². The minimum Gasteiger partial charge on any atom is -0.392 e. The Morgan fingerprint density at radius 1 is 1.27 bits per heavy atom. The molecule has 0 spiro atoms. The molecule has 0 heterocycles. The van der Waals surface area contributed by atoms with Gasteiger partial charge in [0.1, 0.15) is 18.1 Å². The predicted molar refractivity (Wildman–Crippen MR) is 37.1 cm³/mol. The highest BCUT2D eigenvalue weighted by atomic mass is 35.5. The minimum absolute atomic E-state index is 0.350. The van der Waals surface area contributed by atoms with Crippen LogP contribution in [0.3, 0.4) is 0 Å². The first kappa shape index (κ1) is 10.1. The Hall–Kier alpha value is -0.900. The van der Waals surface area contributed by atoms with Crippen molar-refractivity contribution in [3.05, 3.63) is 0 Å². The number of hydrogen-bond acceptors (Lipinski definition) is 4. The first-order valence-electron chi connectivity index (χ1n) is 2.85. The lowest BCUT2D eigenvalue weighted by Crippen LogP contribution is -2.15. The van der Waals surface area contributed by atoms with Gasteiger partial charge in [-0.25, -0.2) is 0 Å². The first-order valence-corrected chi connectivity index (χ1v) is 3.38. The lowest BCUT2D eigenvalue weighted by Gasteiger charge is -1.96. The second-order valence-electron chi connectivity index (χ2n) is 1.86. The predicted octanol–water partition coefficient (Wildman–Crippen LogP) is 0.274. The van der Waals surface area contributed by atoms with E-state index in [0.29, 0.717) is 0 Å². The normalized spacial score (nSPS) is 8.91. The molecule has 0 atom stereocenters. The fourth-order valence-electron chi connectivity index (χ4n) is 0.394. The highest BCUT2D eigenvalue weighted by Gasteiger charge is 2.10. The quantitative estimate of drug-likeness (QED) is 0.354. The van der Waals surface area contributed by atoms with Gasteiger partial charge in [0.15, 0.2) is 0 Å². The molecular weight excluding hydrogens is 172 g/mol. The van der Waals surface area contributed by atoms with Gasteiger partial charge in [-0.05, 0) is 6.92 Å². The topological polar surface area (TPSA) is 60.4 Å². The van der Waals surface area contributed by atoms with Gasteiger partial charge in [0.2, 0.25) is 0 Å². The van der Waals surface area contributed by atoms with Crippen LogP contribution >= 0.6 is 11.6 Å². The third kappa shape index (κ3) is 5.54. The Kier molecular flexibility index (Phi) is 4.45. The molecule has 0 radical (unpaired) electrons. The Balaban J connectivity index is 3.70. The van der Waals surface area contributed by atoms with E-state index in [4.69, 9.17) is 11.6 Å². The SMILES string of the molecule is CC(=O)CC(=O)OC(=O)CCl. The second kappa shape index (κ2) is 4.85. The zero-order valence-electron chi connectivity index (χ0n) is 5.93. The molecular formula is C6H7ClO4. The highest BCUT2D eigenvalue weighted by molar-refractivity contribution is 6.27. The zero-order chi connectivity index (χ0) is 8.85. The third-order valence-electron chi connectivity index (χ3n) is 0.730. The number of ketones is 1. The van der Waals surface area contributed by atoms with Gasteiger partial charge < -0.3 is 4.74 Å². The fraction of sp³-hybridized carbons (Fsp3) is 0.500. The minimum atomic E-state index is -0.858. The second-order valence-corrected chi connectivity index (χ2v) is 2.13. The van der Waals surface area contributed by atoms with E-state index in [-0.39, 0.29) is 18.1 Å². The molecule has 62 valence electrons. The largest absolute Gasteiger partial charge is 0.392 e. The molecule has 11 heavy (non-hydrogen) atoms. The summed E-state index contributed by atoms with van der Waals surface area (Å²) in [6.07, 6.45) is -0.386. The van der Waals surface area contributed by atoms with Crippen molar-refractivity contribution < 1.29 is 19.1 Å². The zero-order valence-corrected chi connectivity index (χ0v) is 6.68. The molecule has 0 bridgehead atoms. The molecule has 0 saturated heterocycles. The van der Waals surface area contributed by atoms with E-state index in [2.05, 4.69) is 4.74 Å². The average Bonchev–Trinajstić information content (AvgIpc) is 1.85. The number of alkyl halides is 1. The van der Waals surface area contributed by atoms with Crippen LogP contribution in [0.25, 0.3) is 0 Å². The summed E-state index contributed by atoms with van der Waals surface area (Å²) in [4.78, 5) is 31.1. The molecule has 0 N–H and O–H groups in total. The average molecular weight is 179 g/mol. The number of hydrogen-bond donors (Lipinski definition) is 0.